The summed E-state index contributed by atoms with van der Waals surface area (Å²) in [4.78, 5) is 16.1. The zero-order chi connectivity index (χ0) is 16.6. The Morgan fingerprint density at radius 2 is 1.96 bits per heavy atom. The summed E-state index contributed by atoms with van der Waals surface area (Å²) < 4.78 is 1.97. The van der Waals surface area contributed by atoms with Crippen molar-refractivity contribution in [3.63, 3.8) is 0 Å². The summed E-state index contributed by atoms with van der Waals surface area (Å²) >= 11 is 0. The monoisotopic (exact) mass is 314 g/mol. The van der Waals surface area contributed by atoms with Gasteiger partial charge in [0.2, 0.25) is 0 Å². The number of hydrogen-bond acceptors (Lipinski definition) is 5. The van der Waals surface area contributed by atoms with Gasteiger partial charge in [0.25, 0.3) is 0 Å². The van der Waals surface area contributed by atoms with E-state index in [1.54, 1.807) is 6.33 Å². The van der Waals surface area contributed by atoms with Crippen molar-refractivity contribution < 1.29 is 0 Å². The van der Waals surface area contributed by atoms with E-state index >= 15 is 0 Å². The van der Waals surface area contributed by atoms with Crippen LogP contribution in [0.4, 0.5) is 5.82 Å². The Kier molecular flexibility index (Phi) is 4.08. The predicted octanol–water partition coefficient (Wildman–Crippen LogP) is 2.82. The van der Waals surface area contributed by atoms with Crippen molar-refractivity contribution in [1.29, 1.82) is 0 Å². The molecule has 124 valence electrons. The molecule has 0 radical (unpaired) electrons. The average molecular weight is 314 g/mol. The highest BCUT2D eigenvalue weighted by Crippen LogP contribution is 2.29. The average Bonchev–Trinajstić information content (AvgIpc) is 3.03. The summed E-state index contributed by atoms with van der Waals surface area (Å²) in [5.41, 5.74) is 2.20. The Labute approximate surface area is 138 Å². The van der Waals surface area contributed by atoms with Crippen LogP contribution < -0.4 is 4.90 Å². The molecule has 0 spiro atoms. The van der Waals surface area contributed by atoms with Gasteiger partial charge in [-0.2, -0.15) is 5.10 Å². The third-order valence-corrected chi connectivity index (χ3v) is 4.54. The van der Waals surface area contributed by atoms with Crippen molar-refractivity contribution in [3.05, 3.63) is 29.7 Å². The van der Waals surface area contributed by atoms with Gasteiger partial charge in [0.1, 0.15) is 24.3 Å². The molecule has 0 aliphatic carbocycles. The molecule has 1 fully saturated rings. The third-order valence-electron chi connectivity index (χ3n) is 4.54. The van der Waals surface area contributed by atoms with Gasteiger partial charge in [-0.05, 0) is 26.7 Å². The van der Waals surface area contributed by atoms with Crippen LogP contribution >= 0.6 is 0 Å². The van der Waals surface area contributed by atoms with Crippen molar-refractivity contribution in [2.45, 2.75) is 58.9 Å². The van der Waals surface area contributed by atoms with Crippen LogP contribution in [0.3, 0.4) is 0 Å². The molecule has 3 heterocycles. The molecule has 2 aromatic heterocycles. The maximum atomic E-state index is 4.91. The fourth-order valence-electron chi connectivity index (χ4n) is 3.03. The lowest BCUT2D eigenvalue weighted by Crippen LogP contribution is -2.38. The van der Waals surface area contributed by atoms with Gasteiger partial charge < -0.3 is 4.90 Å². The van der Waals surface area contributed by atoms with Crippen molar-refractivity contribution in [1.82, 2.24) is 24.7 Å². The largest absolute Gasteiger partial charge is 0.354 e. The molecule has 6 nitrogen and oxygen atoms in total. The molecule has 0 bridgehead atoms. The molecule has 6 heteroatoms. The molecule has 1 atom stereocenters. The highest BCUT2D eigenvalue weighted by Gasteiger charge is 2.26. The number of anilines is 1. The molecular weight excluding hydrogens is 288 g/mol. The number of hydrogen-bond donors (Lipinski definition) is 0. The van der Waals surface area contributed by atoms with Gasteiger partial charge in [-0.3, -0.25) is 0 Å². The summed E-state index contributed by atoms with van der Waals surface area (Å²) in [6.07, 6.45) is 5.69. The van der Waals surface area contributed by atoms with Gasteiger partial charge in [0.15, 0.2) is 0 Å². The molecule has 23 heavy (non-hydrogen) atoms. The first kappa shape index (κ1) is 15.9. The number of nitrogens with zero attached hydrogens (tertiary/aromatic N) is 6. The Balaban J connectivity index is 1.93. The van der Waals surface area contributed by atoms with Crippen LogP contribution in [-0.2, 0) is 5.41 Å². The lowest BCUT2D eigenvalue weighted by atomic mass is 9.95. The molecule has 1 unspecified atom stereocenters. The minimum absolute atomic E-state index is 0.0473. The van der Waals surface area contributed by atoms with Gasteiger partial charge in [0.05, 0.1) is 6.04 Å². The first-order valence-electron chi connectivity index (χ1n) is 8.31. The Morgan fingerprint density at radius 1 is 1.17 bits per heavy atom. The summed E-state index contributed by atoms with van der Waals surface area (Å²) in [6.45, 7) is 12.6. The molecule has 2 aromatic rings. The van der Waals surface area contributed by atoms with Crippen molar-refractivity contribution in [2.24, 2.45) is 0 Å². The molecule has 1 aliphatic heterocycles. The second-order valence-electron chi connectivity index (χ2n) is 7.45. The second kappa shape index (κ2) is 5.91. The first-order valence-corrected chi connectivity index (χ1v) is 8.31. The standard InChI is InChI=1S/C17H26N6/c1-12-13(2)20-16(17(3,4)5)21-15(12)22-8-6-7-14(9-22)23-11-18-10-19-23/h10-11,14H,6-9H2,1-5H3. The Morgan fingerprint density at radius 3 is 2.61 bits per heavy atom. The molecule has 1 saturated heterocycles. The van der Waals surface area contributed by atoms with E-state index in [2.05, 4.69) is 49.6 Å². The Bertz CT molecular complexity index is 671. The smallest absolute Gasteiger partial charge is 0.137 e. The van der Waals surface area contributed by atoms with Crippen LogP contribution in [0.25, 0.3) is 0 Å². The normalized spacial score (nSPS) is 19.2. The molecule has 0 aromatic carbocycles. The van der Waals surface area contributed by atoms with Gasteiger partial charge >= 0.3 is 0 Å². The van der Waals surface area contributed by atoms with Gasteiger partial charge in [-0.25, -0.2) is 19.6 Å². The topological polar surface area (TPSA) is 59.7 Å². The molecule has 0 N–H and O–H groups in total. The minimum Gasteiger partial charge on any atom is -0.354 e. The minimum atomic E-state index is -0.0473. The van der Waals surface area contributed by atoms with E-state index in [-0.39, 0.29) is 5.41 Å². The van der Waals surface area contributed by atoms with E-state index in [9.17, 15) is 0 Å². The maximum Gasteiger partial charge on any atom is 0.137 e. The molecule has 0 amide bonds. The Hall–Kier alpha value is -1.98. The third kappa shape index (κ3) is 3.21. The second-order valence-corrected chi connectivity index (χ2v) is 7.45. The zero-order valence-electron chi connectivity index (χ0n) is 14.7. The summed E-state index contributed by atoms with van der Waals surface area (Å²) in [5, 5.41) is 4.31. The lowest BCUT2D eigenvalue weighted by molar-refractivity contribution is 0.373. The maximum absolute atomic E-state index is 4.91. The molecular formula is C17H26N6. The van der Waals surface area contributed by atoms with E-state index in [4.69, 9.17) is 9.97 Å². The van der Waals surface area contributed by atoms with Crippen LogP contribution in [0.15, 0.2) is 12.7 Å². The molecule has 0 saturated carbocycles. The van der Waals surface area contributed by atoms with Gasteiger partial charge in [-0.15, -0.1) is 0 Å². The fraction of sp³-hybridized carbons (Fsp3) is 0.647. The van der Waals surface area contributed by atoms with Crippen LogP contribution in [0, 0.1) is 13.8 Å². The number of rotatable bonds is 2. The van der Waals surface area contributed by atoms with E-state index in [1.807, 2.05) is 11.0 Å². The van der Waals surface area contributed by atoms with Crippen molar-refractivity contribution in [2.75, 3.05) is 18.0 Å². The van der Waals surface area contributed by atoms with Crippen molar-refractivity contribution >= 4 is 5.82 Å². The number of aryl methyl sites for hydroxylation is 1. The van der Waals surface area contributed by atoms with E-state index in [0.717, 1.165) is 43.3 Å². The van der Waals surface area contributed by atoms with E-state index in [0.29, 0.717) is 6.04 Å². The van der Waals surface area contributed by atoms with Gasteiger partial charge in [0, 0.05) is 29.8 Å². The van der Waals surface area contributed by atoms with Gasteiger partial charge in [-0.1, -0.05) is 20.8 Å². The SMILES string of the molecule is Cc1nc(C(C)(C)C)nc(N2CCCC(n3cncn3)C2)c1C. The van der Waals surface area contributed by atoms with Crippen LogP contribution in [0.1, 0.15) is 56.7 Å². The van der Waals surface area contributed by atoms with E-state index in [1.165, 1.54) is 5.56 Å². The van der Waals surface area contributed by atoms with Crippen LogP contribution in [0.2, 0.25) is 0 Å². The van der Waals surface area contributed by atoms with Crippen LogP contribution in [0.5, 0.6) is 0 Å². The highest BCUT2D eigenvalue weighted by molar-refractivity contribution is 5.49. The molecule has 3 rings (SSSR count). The predicted molar refractivity (Wildman–Crippen MR) is 90.7 cm³/mol. The summed E-state index contributed by atoms with van der Waals surface area (Å²) in [5.74, 6) is 1.99. The van der Waals surface area contributed by atoms with Crippen molar-refractivity contribution in [3.8, 4) is 0 Å². The lowest BCUT2D eigenvalue weighted by Gasteiger charge is -2.35. The number of piperidine rings is 1. The summed E-state index contributed by atoms with van der Waals surface area (Å²) in [7, 11) is 0. The summed E-state index contributed by atoms with van der Waals surface area (Å²) in [6, 6.07) is 0.360. The number of aromatic nitrogens is 5. The van der Waals surface area contributed by atoms with E-state index < -0.39 is 0 Å². The zero-order valence-corrected chi connectivity index (χ0v) is 14.7. The quantitative estimate of drug-likeness (QED) is 0.853. The highest BCUT2D eigenvalue weighted by atomic mass is 15.4. The first-order chi connectivity index (χ1) is 10.9. The fourth-order valence-corrected chi connectivity index (χ4v) is 3.03. The molecule has 1 aliphatic rings. The van der Waals surface area contributed by atoms with Crippen LogP contribution in [-0.4, -0.2) is 37.8 Å².